The normalized spacial score (nSPS) is 18.6. The highest BCUT2D eigenvalue weighted by atomic mass is 35.5. The molecule has 1 saturated carbocycles. The molecule has 0 amide bonds. The summed E-state index contributed by atoms with van der Waals surface area (Å²) in [6, 6.07) is 7.15. The quantitative estimate of drug-likeness (QED) is 0.822. The minimum Gasteiger partial charge on any atom is -0.329 e. The van der Waals surface area contributed by atoms with Crippen molar-refractivity contribution in [3.8, 4) is 0 Å². The maximum Gasteiger partial charge on any atom is 0.170 e. The van der Waals surface area contributed by atoms with Gasteiger partial charge in [0.05, 0.1) is 0 Å². The van der Waals surface area contributed by atoms with Gasteiger partial charge in [0, 0.05) is 22.5 Å². The van der Waals surface area contributed by atoms with E-state index >= 15 is 0 Å². The highest BCUT2D eigenvalue weighted by molar-refractivity contribution is 6.31. The first-order valence-corrected chi connectivity index (χ1v) is 6.06. The van der Waals surface area contributed by atoms with Gasteiger partial charge in [0.1, 0.15) is 0 Å². The molecule has 86 valence electrons. The predicted molar refractivity (Wildman–Crippen MR) is 65.7 cm³/mol. The van der Waals surface area contributed by atoms with E-state index in [1.165, 1.54) is 0 Å². The summed E-state index contributed by atoms with van der Waals surface area (Å²) in [6.07, 6.45) is 4.02. The fourth-order valence-corrected chi connectivity index (χ4v) is 2.70. The summed E-state index contributed by atoms with van der Waals surface area (Å²) >= 11 is 5.90. The lowest BCUT2D eigenvalue weighted by atomic mass is 9.79. The van der Waals surface area contributed by atoms with Gasteiger partial charge in [-0.1, -0.05) is 36.6 Å². The zero-order valence-electron chi connectivity index (χ0n) is 9.21. The van der Waals surface area contributed by atoms with Gasteiger partial charge in [0.15, 0.2) is 5.78 Å². The second-order valence-electron chi connectivity index (χ2n) is 4.53. The summed E-state index contributed by atoms with van der Waals surface area (Å²) in [5, 5.41) is 0.607. The Labute approximate surface area is 101 Å². The van der Waals surface area contributed by atoms with Gasteiger partial charge in [-0.05, 0) is 25.0 Å². The largest absolute Gasteiger partial charge is 0.329 e. The second-order valence-corrected chi connectivity index (χ2v) is 4.97. The molecule has 2 N–H and O–H groups in total. The minimum absolute atomic E-state index is 0.162. The Morgan fingerprint density at radius 1 is 1.38 bits per heavy atom. The molecule has 0 spiro atoms. The molecule has 2 nitrogen and oxygen atoms in total. The molecular formula is C13H16ClNO. The first-order chi connectivity index (χ1) is 7.68. The van der Waals surface area contributed by atoms with Crippen LogP contribution in [-0.2, 0) is 0 Å². The molecule has 2 rings (SSSR count). The van der Waals surface area contributed by atoms with Gasteiger partial charge in [-0.3, -0.25) is 4.79 Å². The third kappa shape index (κ3) is 2.00. The van der Waals surface area contributed by atoms with Crippen molar-refractivity contribution in [2.24, 2.45) is 11.1 Å². The average molecular weight is 238 g/mol. The van der Waals surface area contributed by atoms with E-state index in [1.54, 1.807) is 12.1 Å². The van der Waals surface area contributed by atoms with Crippen LogP contribution in [0.3, 0.4) is 0 Å². The summed E-state index contributed by atoms with van der Waals surface area (Å²) in [5.74, 6) is 0.162. The average Bonchev–Trinajstić information content (AvgIpc) is 2.78. The monoisotopic (exact) mass is 237 g/mol. The molecule has 1 aliphatic rings. The lowest BCUT2D eigenvalue weighted by molar-refractivity contribution is 0.0810. The van der Waals surface area contributed by atoms with Crippen LogP contribution in [0, 0.1) is 5.41 Å². The van der Waals surface area contributed by atoms with E-state index < -0.39 is 0 Å². The second kappa shape index (κ2) is 4.56. The zero-order valence-corrected chi connectivity index (χ0v) is 9.96. The van der Waals surface area contributed by atoms with Crippen molar-refractivity contribution in [2.45, 2.75) is 25.7 Å². The van der Waals surface area contributed by atoms with Gasteiger partial charge < -0.3 is 5.73 Å². The van der Waals surface area contributed by atoms with Crippen LogP contribution in [0.25, 0.3) is 0 Å². The summed E-state index contributed by atoms with van der Waals surface area (Å²) in [7, 11) is 0. The number of carbonyl (C=O) groups excluding carboxylic acids is 1. The van der Waals surface area contributed by atoms with Crippen molar-refractivity contribution < 1.29 is 4.79 Å². The fraction of sp³-hybridized carbons (Fsp3) is 0.462. The molecule has 0 radical (unpaired) electrons. The van der Waals surface area contributed by atoms with Crippen LogP contribution in [-0.4, -0.2) is 12.3 Å². The minimum atomic E-state index is -0.329. The number of hydrogen-bond acceptors (Lipinski definition) is 2. The predicted octanol–water partition coefficient (Wildman–Crippen LogP) is 3.04. The first kappa shape index (κ1) is 11.6. The number of Topliss-reactive ketones (excluding diaryl/α,β-unsaturated/α-hetero) is 1. The van der Waals surface area contributed by atoms with Gasteiger partial charge >= 0.3 is 0 Å². The molecule has 0 aromatic heterocycles. The smallest absolute Gasteiger partial charge is 0.170 e. The number of carbonyl (C=O) groups is 1. The first-order valence-electron chi connectivity index (χ1n) is 5.68. The summed E-state index contributed by atoms with van der Waals surface area (Å²) < 4.78 is 0. The molecule has 0 atom stereocenters. The highest BCUT2D eigenvalue weighted by Gasteiger charge is 2.39. The number of hydrogen-bond donors (Lipinski definition) is 1. The van der Waals surface area contributed by atoms with Crippen LogP contribution < -0.4 is 5.73 Å². The SMILES string of the molecule is NCC1(C(=O)c2cccc(Cl)c2)CCCC1. The van der Waals surface area contributed by atoms with Gasteiger partial charge in [-0.15, -0.1) is 0 Å². The Balaban J connectivity index is 2.30. The van der Waals surface area contributed by atoms with Crippen LogP contribution in [0.2, 0.25) is 5.02 Å². The molecule has 0 aliphatic heterocycles. The molecule has 0 heterocycles. The number of benzene rings is 1. The molecule has 1 aromatic carbocycles. The van der Waals surface area contributed by atoms with Crippen molar-refractivity contribution >= 4 is 17.4 Å². The van der Waals surface area contributed by atoms with Crippen LogP contribution in [0.1, 0.15) is 36.0 Å². The Hall–Kier alpha value is -0.860. The third-order valence-corrected chi connectivity index (χ3v) is 3.75. The third-order valence-electron chi connectivity index (χ3n) is 3.52. The van der Waals surface area contributed by atoms with Crippen LogP contribution in [0.4, 0.5) is 0 Å². The van der Waals surface area contributed by atoms with Crippen LogP contribution >= 0.6 is 11.6 Å². The van der Waals surface area contributed by atoms with Gasteiger partial charge in [-0.2, -0.15) is 0 Å². The van der Waals surface area contributed by atoms with E-state index in [0.29, 0.717) is 17.1 Å². The van der Waals surface area contributed by atoms with Crippen LogP contribution in [0.15, 0.2) is 24.3 Å². The fourth-order valence-electron chi connectivity index (χ4n) is 2.51. The van der Waals surface area contributed by atoms with Gasteiger partial charge in [0.2, 0.25) is 0 Å². The van der Waals surface area contributed by atoms with Crippen molar-refractivity contribution in [3.05, 3.63) is 34.9 Å². The van der Waals surface area contributed by atoms with Crippen molar-refractivity contribution in [1.29, 1.82) is 0 Å². The topological polar surface area (TPSA) is 43.1 Å². The Morgan fingerprint density at radius 2 is 2.06 bits per heavy atom. The van der Waals surface area contributed by atoms with E-state index in [9.17, 15) is 4.79 Å². The van der Waals surface area contributed by atoms with E-state index in [1.807, 2.05) is 12.1 Å². The molecule has 1 aromatic rings. The van der Waals surface area contributed by atoms with E-state index in [4.69, 9.17) is 17.3 Å². The molecule has 0 unspecified atom stereocenters. The maximum absolute atomic E-state index is 12.4. The number of halogens is 1. The lowest BCUT2D eigenvalue weighted by Crippen LogP contribution is -2.36. The van der Waals surface area contributed by atoms with E-state index in [0.717, 1.165) is 25.7 Å². The van der Waals surface area contributed by atoms with Crippen molar-refractivity contribution in [2.75, 3.05) is 6.54 Å². The molecule has 3 heteroatoms. The lowest BCUT2D eigenvalue weighted by Gasteiger charge is -2.25. The highest BCUT2D eigenvalue weighted by Crippen LogP contribution is 2.40. The van der Waals surface area contributed by atoms with Crippen LogP contribution in [0.5, 0.6) is 0 Å². The number of rotatable bonds is 3. The van der Waals surface area contributed by atoms with Gasteiger partial charge in [0.25, 0.3) is 0 Å². The Bertz CT molecular complexity index is 397. The molecule has 1 aliphatic carbocycles. The number of ketones is 1. The number of nitrogens with two attached hydrogens (primary N) is 1. The Kier molecular flexibility index (Phi) is 3.31. The van der Waals surface area contributed by atoms with E-state index in [2.05, 4.69) is 0 Å². The van der Waals surface area contributed by atoms with Gasteiger partial charge in [-0.25, -0.2) is 0 Å². The van der Waals surface area contributed by atoms with E-state index in [-0.39, 0.29) is 11.2 Å². The summed E-state index contributed by atoms with van der Waals surface area (Å²) in [4.78, 5) is 12.4. The molecule has 0 bridgehead atoms. The standard InChI is InChI=1S/C13H16ClNO/c14-11-5-3-4-10(8-11)12(16)13(9-15)6-1-2-7-13/h3-5,8H,1-2,6-7,9,15H2. The summed E-state index contributed by atoms with van der Waals surface area (Å²) in [5.41, 5.74) is 6.16. The molecular weight excluding hydrogens is 222 g/mol. The summed E-state index contributed by atoms with van der Waals surface area (Å²) in [6.45, 7) is 0.443. The Morgan fingerprint density at radius 3 is 2.62 bits per heavy atom. The van der Waals surface area contributed by atoms with Crippen molar-refractivity contribution in [1.82, 2.24) is 0 Å². The zero-order chi connectivity index (χ0) is 11.6. The molecule has 0 saturated heterocycles. The molecule has 1 fully saturated rings. The van der Waals surface area contributed by atoms with Crippen molar-refractivity contribution in [3.63, 3.8) is 0 Å². The maximum atomic E-state index is 12.4. The molecule has 16 heavy (non-hydrogen) atoms.